The van der Waals surface area contributed by atoms with Gasteiger partial charge in [-0.1, -0.05) is 6.07 Å². The number of aliphatic hydroxyl groups excluding tert-OH is 1. The summed E-state index contributed by atoms with van der Waals surface area (Å²) in [7, 11) is 0. The van der Waals surface area contributed by atoms with Gasteiger partial charge in [-0.2, -0.15) is 13.2 Å². The van der Waals surface area contributed by atoms with Crippen LogP contribution in [0, 0.1) is 0 Å². The number of carbonyl (C=O) groups excluding carboxylic acids is 1. The highest BCUT2D eigenvalue weighted by Gasteiger charge is 2.32. The molecule has 0 aliphatic carbocycles. The van der Waals surface area contributed by atoms with Gasteiger partial charge >= 0.3 is 6.18 Å². The molecular formula is C24H18F3N3O3S. The Morgan fingerprint density at radius 2 is 1.88 bits per heavy atom. The number of hydrogen-bond donors (Lipinski definition) is 2. The standard InChI is InChI=1S/C24H18F3N3O3S/c25-24(26,27)16-6-9-21(19(14-16)22(32)30-23-28-11-13-34-23)33-18-7-4-15(5-8-18)20-3-1-2-17(29-20)10-12-31/h1-9,11,13-14,31H,10,12H2,(H,28,30,32). The zero-order valence-corrected chi connectivity index (χ0v) is 18.4. The number of nitrogens with one attached hydrogen (secondary N) is 1. The van der Waals surface area contributed by atoms with Gasteiger partial charge in [-0.25, -0.2) is 4.98 Å². The first kappa shape index (κ1) is 23.4. The predicted octanol–water partition coefficient (Wildman–Crippen LogP) is 5.80. The van der Waals surface area contributed by atoms with Crippen LogP contribution in [0.3, 0.4) is 0 Å². The molecule has 0 saturated carbocycles. The number of hydrogen-bond acceptors (Lipinski definition) is 6. The van der Waals surface area contributed by atoms with Crippen LogP contribution in [0.2, 0.25) is 0 Å². The molecule has 4 aromatic rings. The van der Waals surface area contributed by atoms with Crippen molar-refractivity contribution in [2.45, 2.75) is 12.6 Å². The molecule has 0 fully saturated rings. The third-order valence-corrected chi connectivity index (χ3v) is 5.45. The molecule has 34 heavy (non-hydrogen) atoms. The van der Waals surface area contributed by atoms with Gasteiger partial charge in [0.2, 0.25) is 0 Å². The number of pyridine rings is 1. The molecule has 2 heterocycles. The zero-order valence-electron chi connectivity index (χ0n) is 17.5. The molecule has 0 atom stereocenters. The molecule has 10 heteroatoms. The van der Waals surface area contributed by atoms with E-state index in [1.165, 1.54) is 6.20 Å². The Morgan fingerprint density at radius 1 is 1.09 bits per heavy atom. The monoisotopic (exact) mass is 485 g/mol. The molecule has 0 bridgehead atoms. The summed E-state index contributed by atoms with van der Waals surface area (Å²) in [5, 5.41) is 13.5. The molecule has 0 aliphatic rings. The largest absolute Gasteiger partial charge is 0.457 e. The van der Waals surface area contributed by atoms with Crippen LogP contribution in [0.4, 0.5) is 18.3 Å². The van der Waals surface area contributed by atoms with Crippen molar-refractivity contribution in [2.24, 2.45) is 0 Å². The van der Waals surface area contributed by atoms with E-state index in [1.807, 2.05) is 18.2 Å². The maximum atomic E-state index is 13.2. The molecule has 1 amide bonds. The Hall–Kier alpha value is -3.76. The van der Waals surface area contributed by atoms with Crippen LogP contribution in [0.5, 0.6) is 11.5 Å². The number of thiazole rings is 1. The Kier molecular flexibility index (Phi) is 6.90. The third kappa shape index (κ3) is 5.59. The number of ether oxygens (including phenoxy) is 1. The lowest BCUT2D eigenvalue weighted by atomic mass is 10.1. The second kappa shape index (κ2) is 10.0. The Bertz CT molecular complexity index is 1280. The third-order valence-electron chi connectivity index (χ3n) is 4.76. The Balaban J connectivity index is 1.60. The zero-order chi connectivity index (χ0) is 24.1. The van der Waals surface area contributed by atoms with Crippen molar-refractivity contribution in [3.63, 3.8) is 0 Å². The van der Waals surface area contributed by atoms with Gasteiger partial charge in [0.1, 0.15) is 11.5 Å². The van der Waals surface area contributed by atoms with Gasteiger partial charge < -0.3 is 9.84 Å². The van der Waals surface area contributed by atoms with Crippen molar-refractivity contribution < 1.29 is 27.8 Å². The quantitative estimate of drug-likeness (QED) is 0.346. The minimum atomic E-state index is -4.62. The number of aromatic nitrogens is 2. The molecule has 2 N–H and O–H groups in total. The van der Waals surface area contributed by atoms with Crippen LogP contribution in [-0.2, 0) is 12.6 Å². The topological polar surface area (TPSA) is 84.3 Å². The number of benzene rings is 2. The summed E-state index contributed by atoms with van der Waals surface area (Å²) >= 11 is 1.14. The highest BCUT2D eigenvalue weighted by Crippen LogP contribution is 2.35. The van der Waals surface area contributed by atoms with Gasteiger partial charge in [-0.05, 0) is 54.6 Å². The number of carbonyl (C=O) groups is 1. The van der Waals surface area contributed by atoms with Gasteiger partial charge in [0, 0.05) is 35.9 Å². The molecule has 2 aromatic heterocycles. The van der Waals surface area contributed by atoms with Crippen molar-refractivity contribution in [3.8, 4) is 22.8 Å². The van der Waals surface area contributed by atoms with Crippen LogP contribution in [0.1, 0.15) is 21.6 Å². The van der Waals surface area contributed by atoms with Crippen LogP contribution >= 0.6 is 11.3 Å². The van der Waals surface area contributed by atoms with E-state index in [0.29, 0.717) is 17.9 Å². The van der Waals surface area contributed by atoms with E-state index in [9.17, 15) is 18.0 Å². The summed E-state index contributed by atoms with van der Waals surface area (Å²) in [4.78, 5) is 21.1. The van der Waals surface area contributed by atoms with Gasteiger partial charge in [-0.15, -0.1) is 11.3 Å². The minimum Gasteiger partial charge on any atom is -0.457 e. The average Bonchev–Trinajstić information content (AvgIpc) is 3.32. The number of halogens is 3. The number of rotatable bonds is 7. The molecule has 0 saturated heterocycles. The first-order valence-corrected chi connectivity index (χ1v) is 11.0. The van der Waals surface area contributed by atoms with E-state index < -0.39 is 17.6 Å². The van der Waals surface area contributed by atoms with Crippen molar-refractivity contribution >= 4 is 22.4 Å². The summed E-state index contributed by atoms with van der Waals surface area (Å²) in [5.74, 6) is -0.464. The summed E-state index contributed by atoms with van der Waals surface area (Å²) in [6, 6.07) is 15.0. The van der Waals surface area contributed by atoms with Crippen LogP contribution in [0.25, 0.3) is 11.3 Å². The van der Waals surface area contributed by atoms with E-state index in [4.69, 9.17) is 9.84 Å². The van der Waals surface area contributed by atoms with E-state index in [-0.39, 0.29) is 23.1 Å². The Morgan fingerprint density at radius 3 is 2.56 bits per heavy atom. The molecular weight excluding hydrogens is 467 g/mol. The van der Waals surface area contributed by atoms with Crippen LogP contribution < -0.4 is 10.1 Å². The van der Waals surface area contributed by atoms with Crippen LogP contribution in [0.15, 0.2) is 72.2 Å². The summed E-state index contributed by atoms with van der Waals surface area (Å²) in [6.45, 7) is -0.00514. The van der Waals surface area contributed by atoms with Gasteiger partial charge in [-0.3, -0.25) is 15.1 Å². The molecule has 2 aromatic carbocycles. The molecule has 0 unspecified atom stereocenters. The van der Waals surface area contributed by atoms with Gasteiger partial charge in [0.05, 0.1) is 16.8 Å². The number of alkyl halides is 3. The van der Waals surface area contributed by atoms with E-state index >= 15 is 0 Å². The second-order valence-corrected chi connectivity index (χ2v) is 8.01. The SMILES string of the molecule is O=C(Nc1nccs1)c1cc(C(F)(F)F)ccc1Oc1ccc(-c2cccc(CCO)n2)cc1. The number of anilines is 1. The van der Waals surface area contributed by atoms with Crippen molar-refractivity contribution in [3.05, 3.63) is 89.1 Å². The van der Waals surface area contributed by atoms with Crippen molar-refractivity contribution in [1.29, 1.82) is 0 Å². The maximum Gasteiger partial charge on any atom is 0.416 e. The fourth-order valence-corrected chi connectivity index (χ4v) is 3.66. The summed E-state index contributed by atoms with van der Waals surface area (Å²) < 4.78 is 45.5. The van der Waals surface area contributed by atoms with Gasteiger partial charge in [0.25, 0.3) is 5.91 Å². The normalized spacial score (nSPS) is 11.3. The van der Waals surface area contributed by atoms with Gasteiger partial charge in [0.15, 0.2) is 5.13 Å². The smallest absolute Gasteiger partial charge is 0.416 e. The first-order valence-electron chi connectivity index (χ1n) is 10.1. The molecule has 0 aliphatic heterocycles. The lowest BCUT2D eigenvalue weighted by molar-refractivity contribution is -0.137. The Labute approximate surface area is 196 Å². The van der Waals surface area contributed by atoms with Crippen LogP contribution in [-0.4, -0.2) is 27.6 Å². The van der Waals surface area contributed by atoms with E-state index in [2.05, 4.69) is 15.3 Å². The average molecular weight is 485 g/mol. The molecule has 0 spiro atoms. The van der Waals surface area contributed by atoms with E-state index in [0.717, 1.165) is 40.8 Å². The second-order valence-electron chi connectivity index (χ2n) is 7.11. The molecule has 0 radical (unpaired) electrons. The number of nitrogens with zero attached hydrogens (tertiary/aromatic N) is 2. The highest BCUT2D eigenvalue weighted by molar-refractivity contribution is 7.13. The lowest BCUT2D eigenvalue weighted by Gasteiger charge is -2.14. The van der Waals surface area contributed by atoms with E-state index in [1.54, 1.807) is 29.6 Å². The van der Waals surface area contributed by atoms with Crippen molar-refractivity contribution in [1.82, 2.24) is 9.97 Å². The first-order chi connectivity index (χ1) is 16.3. The number of amides is 1. The van der Waals surface area contributed by atoms with Crippen molar-refractivity contribution in [2.75, 3.05) is 11.9 Å². The number of aliphatic hydroxyl groups is 1. The summed E-state index contributed by atoms with van der Waals surface area (Å²) in [6.07, 6.45) is -2.71. The fraction of sp³-hybridized carbons (Fsp3) is 0.125. The fourth-order valence-electron chi connectivity index (χ4n) is 3.14. The minimum absolute atomic E-state index is 0.00514. The molecule has 6 nitrogen and oxygen atoms in total. The molecule has 174 valence electrons. The highest BCUT2D eigenvalue weighted by atomic mass is 32.1. The maximum absolute atomic E-state index is 13.2. The molecule has 4 rings (SSSR count). The summed E-state index contributed by atoms with van der Waals surface area (Å²) in [5.41, 5.74) is 1.01. The predicted molar refractivity (Wildman–Crippen MR) is 122 cm³/mol. The lowest BCUT2D eigenvalue weighted by Crippen LogP contribution is -2.15.